The zero-order chi connectivity index (χ0) is 14.0. The topological polar surface area (TPSA) is 55.0 Å². The van der Waals surface area contributed by atoms with Crippen LogP contribution in [0.1, 0.15) is 5.56 Å². The molecule has 1 heterocycles. The van der Waals surface area contributed by atoms with Crippen LogP contribution in [0.4, 0.5) is 16.2 Å². The number of nitrogens with zero attached hydrogens (tertiary/aromatic N) is 3. The van der Waals surface area contributed by atoms with Crippen LogP contribution in [0.5, 0.6) is 0 Å². The van der Waals surface area contributed by atoms with Crippen molar-refractivity contribution in [3.8, 4) is 0 Å². The summed E-state index contributed by atoms with van der Waals surface area (Å²) in [5, 5.41) is 0.592. The van der Waals surface area contributed by atoms with Crippen molar-refractivity contribution in [1.29, 1.82) is 0 Å². The standard InChI is InChI=1S/C12H11Cl2FN4/c1-19(11-5-10(14)17-12(16)18-11)6-7-8(13)3-2-4-9(7)15/h2-5H,6H2,1H3,(H2,16,17,18). The number of hydrogen-bond acceptors (Lipinski definition) is 4. The Balaban J connectivity index is 2.28. The number of benzene rings is 1. The molecule has 19 heavy (non-hydrogen) atoms. The largest absolute Gasteiger partial charge is 0.368 e. The summed E-state index contributed by atoms with van der Waals surface area (Å²) in [5.41, 5.74) is 5.91. The average Bonchev–Trinajstić information content (AvgIpc) is 2.32. The van der Waals surface area contributed by atoms with Crippen molar-refractivity contribution >= 4 is 35.0 Å². The number of nitrogens with two attached hydrogens (primary N) is 1. The van der Waals surface area contributed by atoms with Gasteiger partial charge in [0, 0.05) is 30.2 Å². The lowest BCUT2D eigenvalue weighted by molar-refractivity contribution is 0.607. The molecule has 4 nitrogen and oxygen atoms in total. The monoisotopic (exact) mass is 300 g/mol. The van der Waals surface area contributed by atoms with Gasteiger partial charge in [-0.25, -0.2) is 9.37 Å². The molecule has 0 saturated carbocycles. The number of rotatable bonds is 3. The fourth-order valence-electron chi connectivity index (χ4n) is 1.62. The van der Waals surface area contributed by atoms with Crippen molar-refractivity contribution in [2.24, 2.45) is 0 Å². The highest BCUT2D eigenvalue weighted by molar-refractivity contribution is 6.31. The Labute approximate surface area is 120 Å². The van der Waals surface area contributed by atoms with Crippen LogP contribution < -0.4 is 10.6 Å². The Hall–Kier alpha value is -1.59. The van der Waals surface area contributed by atoms with Crippen LogP contribution in [-0.4, -0.2) is 17.0 Å². The van der Waals surface area contributed by atoms with E-state index in [2.05, 4.69) is 9.97 Å². The molecule has 0 atom stereocenters. The van der Waals surface area contributed by atoms with Crippen molar-refractivity contribution in [3.05, 3.63) is 45.8 Å². The molecular weight excluding hydrogens is 290 g/mol. The zero-order valence-electron chi connectivity index (χ0n) is 10.1. The molecule has 0 aliphatic rings. The predicted octanol–water partition coefficient (Wildman–Crippen LogP) is 3.14. The Morgan fingerprint density at radius 1 is 1.32 bits per heavy atom. The molecule has 0 spiro atoms. The Kier molecular flexibility index (Phi) is 4.07. The maximum atomic E-state index is 13.7. The number of hydrogen-bond donors (Lipinski definition) is 1. The first-order chi connectivity index (χ1) is 8.97. The highest BCUT2D eigenvalue weighted by Crippen LogP contribution is 2.23. The van der Waals surface area contributed by atoms with Gasteiger partial charge in [-0.15, -0.1) is 0 Å². The summed E-state index contributed by atoms with van der Waals surface area (Å²) in [6.45, 7) is 0.248. The molecule has 7 heteroatoms. The number of halogens is 3. The minimum atomic E-state index is -0.368. The third-order valence-corrected chi connectivity index (χ3v) is 3.09. The molecule has 0 radical (unpaired) electrons. The number of aromatic nitrogens is 2. The minimum Gasteiger partial charge on any atom is -0.368 e. The molecule has 1 aromatic heterocycles. The van der Waals surface area contributed by atoms with Crippen molar-refractivity contribution in [2.45, 2.75) is 6.54 Å². The van der Waals surface area contributed by atoms with E-state index in [1.54, 1.807) is 30.1 Å². The maximum absolute atomic E-state index is 13.7. The lowest BCUT2D eigenvalue weighted by Gasteiger charge is -2.19. The van der Waals surface area contributed by atoms with Gasteiger partial charge in [0.15, 0.2) is 0 Å². The van der Waals surface area contributed by atoms with Crippen molar-refractivity contribution < 1.29 is 4.39 Å². The molecule has 1 aromatic carbocycles. The third kappa shape index (κ3) is 3.24. The van der Waals surface area contributed by atoms with E-state index in [0.29, 0.717) is 16.4 Å². The normalized spacial score (nSPS) is 10.5. The van der Waals surface area contributed by atoms with E-state index in [1.807, 2.05) is 0 Å². The molecule has 2 N–H and O–H groups in total. The van der Waals surface area contributed by atoms with Gasteiger partial charge in [-0.1, -0.05) is 29.3 Å². The third-order valence-electron chi connectivity index (χ3n) is 2.55. The van der Waals surface area contributed by atoms with E-state index in [1.165, 1.54) is 6.07 Å². The lowest BCUT2D eigenvalue weighted by atomic mass is 10.2. The van der Waals surface area contributed by atoms with E-state index >= 15 is 0 Å². The van der Waals surface area contributed by atoms with Gasteiger partial charge in [0.25, 0.3) is 0 Å². The van der Waals surface area contributed by atoms with Gasteiger partial charge in [0.05, 0.1) is 0 Å². The number of anilines is 2. The molecule has 100 valence electrons. The number of nitrogen functional groups attached to an aromatic ring is 1. The summed E-state index contributed by atoms with van der Waals surface area (Å²) in [7, 11) is 1.74. The highest BCUT2D eigenvalue weighted by atomic mass is 35.5. The van der Waals surface area contributed by atoms with E-state index in [0.717, 1.165) is 0 Å². The van der Waals surface area contributed by atoms with Crippen molar-refractivity contribution in [2.75, 3.05) is 17.7 Å². The molecule has 0 unspecified atom stereocenters. The van der Waals surface area contributed by atoms with E-state index in [-0.39, 0.29) is 23.5 Å². The fraction of sp³-hybridized carbons (Fsp3) is 0.167. The van der Waals surface area contributed by atoms with Crippen LogP contribution in [0.15, 0.2) is 24.3 Å². The Bertz CT molecular complexity index is 566. The second-order valence-corrected chi connectivity index (χ2v) is 4.76. The Morgan fingerprint density at radius 2 is 2.05 bits per heavy atom. The molecule has 0 aliphatic heterocycles. The average molecular weight is 301 g/mol. The lowest BCUT2D eigenvalue weighted by Crippen LogP contribution is -2.19. The van der Waals surface area contributed by atoms with E-state index < -0.39 is 0 Å². The molecule has 2 aromatic rings. The van der Waals surface area contributed by atoms with Gasteiger partial charge >= 0.3 is 0 Å². The summed E-state index contributed by atoms with van der Waals surface area (Å²) < 4.78 is 13.7. The maximum Gasteiger partial charge on any atom is 0.223 e. The molecule has 0 bridgehead atoms. The first kappa shape index (κ1) is 13.8. The second-order valence-electron chi connectivity index (χ2n) is 3.96. The molecule has 2 rings (SSSR count). The highest BCUT2D eigenvalue weighted by Gasteiger charge is 2.12. The summed E-state index contributed by atoms with van der Waals surface area (Å²) in [4.78, 5) is 9.48. The molecular formula is C12H11Cl2FN4. The van der Waals surface area contributed by atoms with Gasteiger partial charge in [-0.3, -0.25) is 0 Å². The zero-order valence-corrected chi connectivity index (χ0v) is 11.6. The van der Waals surface area contributed by atoms with E-state index in [4.69, 9.17) is 28.9 Å². The Morgan fingerprint density at radius 3 is 2.68 bits per heavy atom. The van der Waals surface area contributed by atoms with Gasteiger partial charge in [-0.05, 0) is 12.1 Å². The van der Waals surface area contributed by atoms with Gasteiger partial charge in [-0.2, -0.15) is 4.98 Å². The van der Waals surface area contributed by atoms with Crippen LogP contribution in [0, 0.1) is 5.82 Å². The van der Waals surface area contributed by atoms with Crippen LogP contribution >= 0.6 is 23.2 Å². The van der Waals surface area contributed by atoms with Crippen LogP contribution in [0.2, 0.25) is 10.2 Å². The van der Waals surface area contributed by atoms with Gasteiger partial charge in [0.1, 0.15) is 16.8 Å². The summed E-state index contributed by atoms with van der Waals surface area (Å²) in [5.74, 6) is 0.193. The second kappa shape index (κ2) is 5.59. The fourth-order valence-corrected chi connectivity index (χ4v) is 2.03. The van der Waals surface area contributed by atoms with Crippen LogP contribution in [-0.2, 0) is 6.54 Å². The van der Waals surface area contributed by atoms with Crippen molar-refractivity contribution in [3.63, 3.8) is 0 Å². The quantitative estimate of drug-likeness (QED) is 0.885. The predicted molar refractivity (Wildman–Crippen MR) is 75.0 cm³/mol. The smallest absolute Gasteiger partial charge is 0.223 e. The molecule has 0 saturated heterocycles. The minimum absolute atomic E-state index is 0.0639. The van der Waals surface area contributed by atoms with Crippen LogP contribution in [0.3, 0.4) is 0 Å². The molecule has 0 amide bonds. The van der Waals surface area contributed by atoms with Crippen molar-refractivity contribution in [1.82, 2.24) is 9.97 Å². The first-order valence-corrected chi connectivity index (χ1v) is 6.17. The summed E-state index contributed by atoms with van der Waals surface area (Å²) in [6, 6.07) is 6.10. The summed E-state index contributed by atoms with van der Waals surface area (Å²) >= 11 is 11.8. The SMILES string of the molecule is CN(Cc1c(F)cccc1Cl)c1cc(Cl)nc(N)n1. The first-order valence-electron chi connectivity index (χ1n) is 5.41. The molecule has 0 fully saturated rings. The van der Waals surface area contributed by atoms with Gasteiger partial charge < -0.3 is 10.6 Å². The molecule has 0 aliphatic carbocycles. The van der Waals surface area contributed by atoms with Gasteiger partial charge in [0.2, 0.25) is 5.95 Å². The van der Waals surface area contributed by atoms with E-state index in [9.17, 15) is 4.39 Å². The summed E-state index contributed by atoms with van der Waals surface area (Å²) in [6.07, 6.45) is 0. The van der Waals surface area contributed by atoms with Crippen LogP contribution in [0.25, 0.3) is 0 Å².